The highest BCUT2D eigenvalue weighted by atomic mass is 35.5. The maximum Gasteiger partial charge on any atom is 0.416 e. The zero-order valence-corrected chi connectivity index (χ0v) is 12.0. The fraction of sp³-hybridized carbons (Fsp3) is 0.500. The SMILES string of the molecule is O=C(CNc1cc(Cl)cc(C(F)(F)F)c1)NC1CCCC1. The van der Waals surface area contributed by atoms with E-state index in [1.54, 1.807) is 0 Å². The van der Waals surface area contributed by atoms with Crippen molar-refractivity contribution in [1.82, 2.24) is 5.32 Å². The summed E-state index contributed by atoms with van der Waals surface area (Å²) in [5.41, 5.74) is -0.662. The van der Waals surface area contributed by atoms with Crippen molar-refractivity contribution in [1.29, 1.82) is 0 Å². The molecule has 116 valence electrons. The highest BCUT2D eigenvalue weighted by molar-refractivity contribution is 6.30. The number of carbonyl (C=O) groups excluding carboxylic acids is 1. The second-order valence-electron chi connectivity index (χ2n) is 5.13. The van der Waals surface area contributed by atoms with Crippen LogP contribution in [-0.4, -0.2) is 18.5 Å². The van der Waals surface area contributed by atoms with Gasteiger partial charge in [0.25, 0.3) is 0 Å². The Bertz CT molecular complexity index is 513. The third kappa shape index (κ3) is 4.81. The molecule has 2 rings (SSSR count). The normalized spacial score (nSPS) is 16.0. The smallest absolute Gasteiger partial charge is 0.376 e. The lowest BCUT2D eigenvalue weighted by atomic mass is 10.2. The molecule has 0 aliphatic heterocycles. The van der Waals surface area contributed by atoms with Crippen LogP contribution in [0.5, 0.6) is 0 Å². The number of rotatable bonds is 4. The molecule has 3 nitrogen and oxygen atoms in total. The molecule has 1 aliphatic carbocycles. The van der Waals surface area contributed by atoms with Gasteiger partial charge in [-0.1, -0.05) is 24.4 Å². The zero-order valence-electron chi connectivity index (χ0n) is 11.3. The fourth-order valence-corrected chi connectivity index (χ4v) is 2.62. The van der Waals surface area contributed by atoms with Gasteiger partial charge in [-0.15, -0.1) is 0 Å². The van der Waals surface area contributed by atoms with Gasteiger partial charge in [-0.05, 0) is 31.0 Å². The Morgan fingerprint density at radius 3 is 2.52 bits per heavy atom. The molecule has 0 spiro atoms. The van der Waals surface area contributed by atoms with Gasteiger partial charge in [-0.3, -0.25) is 4.79 Å². The molecule has 1 saturated carbocycles. The summed E-state index contributed by atoms with van der Waals surface area (Å²) >= 11 is 5.67. The Kier molecular flexibility index (Phi) is 4.98. The molecular formula is C14H16ClF3N2O. The zero-order chi connectivity index (χ0) is 15.5. The molecule has 1 aromatic rings. The molecule has 1 fully saturated rings. The van der Waals surface area contributed by atoms with Crippen LogP contribution in [0.25, 0.3) is 0 Å². The number of halogens is 4. The van der Waals surface area contributed by atoms with E-state index in [-0.39, 0.29) is 29.2 Å². The van der Waals surface area contributed by atoms with E-state index >= 15 is 0 Å². The van der Waals surface area contributed by atoms with E-state index in [2.05, 4.69) is 10.6 Å². The topological polar surface area (TPSA) is 41.1 Å². The minimum atomic E-state index is -4.46. The second kappa shape index (κ2) is 6.56. The van der Waals surface area contributed by atoms with Gasteiger partial charge in [0.15, 0.2) is 0 Å². The average molecular weight is 321 g/mol. The first kappa shape index (κ1) is 15.9. The van der Waals surface area contributed by atoms with E-state index < -0.39 is 11.7 Å². The van der Waals surface area contributed by atoms with Crippen LogP contribution in [0.3, 0.4) is 0 Å². The van der Waals surface area contributed by atoms with Crippen molar-refractivity contribution in [3.63, 3.8) is 0 Å². The summed E-state index contributed by atoms with van der Waals surface area (Å²) in [6, 6.07) is 3.34. The summed E-state index contributed by atoms with van der Waals surface area (Å²) in [4.78, 5) is 11.7. The Balaban J connectivity index is 1.93. The lowest BCUT2D eigenvalue weighted by Gasteiger charge is -2.14. The first-order valence-electron chi connectivity index (χ1n) is 6.75. The lowest BCUT2D eigenvalue weighted by molar-refractivity contribution is -0.137. The van der Waals surface area contributed by atoms with Crippen LogP contribution >= 0.6 is 11.6 Å². The van der Waals surface area contributed by atoms with Gasteiger partial charge < -0.3 is 10.6 Å². The van der Waals surface area contributed by atoms with Crippen LogP contribution in [0, 0.1) is 0 Å². The molecule has 21 heavy (non-hydrogen) atoms. The standard InChI is InChI=1S/C14H16ClF3N2O/c15-10-5-9(14(16,17)18)6-12(7-10)19-8-13(21)20-11-3-1-2-4-11/h5-7,11,19H,1-4,8H2,(H,20,21). The van der Waals surface area contributed by atoms with Crippen LogP contribution in [0.4, 0.5) is 18.9 Å². The number of amides is 1. The predicted molar refractivity (Wildman–Crippen MR) is 75.3 cm³/mol. The average Bonchev–Trinajstić information content (AvgIpc) is 2.87. The van der Waals surface area contributed by atoms with Crippen LogP contribution in [0.15, 0.2) is 18.2 Å². The first-order valence-corrected chi connectivity index (χ1v) is 7.13. The molecule has 0 saturated heterocycles. The monoisotopic (exact) mass is 320 g/mol. The molecule has 0 bridgehead atoms. The molecule has 1 aromatic carbocycles. The van der Waals surface area contributed by atoms with E-state index in [1.165, 1.54) is 6.07 Å². The molecule has 7 heteroatoms. The number of hydrogen-bond donors (Lipinski definition) is 2. The maximum absolute atomic E-state index is 12.7. The molecule has 0 heterocycles. The Morgan fingerprint density at radius 2 is 1.90 bits per heavy atom. The quantitative estimate of drug-likeness (QED) is 0.885. The van der Waals surface area contributed by atoms with Crippen molar-refractivity contribution < 1.29 is 18.0 Å². The molecule has 1 amide bonds. The molecule has 0 unspecified atom stereocenters. The Hall–Kier alpha value is -1.43. The number of carbonyl (C=O) groups is 1. The van der Waals surface area contributed by atoms with E-state index in [0.29, 0.717) is 0 Å². The molecule has 2 N–H and O–H groups in total. The molecule has 0 radical (unpaired) electrons. The number of anilines is 1. The highest BCUT2D eigenvalue weighted by Gasteiger charge is 2.31. The van der Waals surface area contributed by atoms with Gasteiger partial charge in [0, 0.05) is 16.8 Å². The number of benzene rings is 1. The number of nitrogens with one attached hydrogen (secondary N) is 2. The third-order valence-corrected chi connectivity index (χ3v) is 3.62. The van der Waals surface area contributed by atoms with Crippen molar-refractivity contribution in [2.24, 2.45) is 0 Å². The molecule has 0 aromatic heterocycles. The van der Waals surface area contributed by atoms with Crippen molar-refractivity contribution in [2.45, 2.75) is 37.9 Å². The first-order chi connectivity index (χ1) is 9.84. The number of hydrogen-bond acceptors (Lipinski definition) is 2. The minimum absolute atomic E-state index is 0.0245. The van der Waals surface area contributed by atoms with Crippen LogP contribution in [0.1, 0.15) is 31.2 Å². The summed E-state index contributed by atoms with van der Waals surface area (Å²) in [5, 5.41) is 5.50. The van der Waals surface area contributed by atoms with Crippen LogP contribution < -0.4 is 10.6 Å². The van der Waals surface area contributed by atoms with Crippen molar-refractivity contribution in [3.8, 4) is 0 Å². The lowest BCUT2D eigenvalue weighted by Crippen LogP contribution is -2.36. The van der Waals surface area contributed by atoms with E-state index in [4.69, 9.17) is 11.6 Å². The largest absolute Gasteiger partial charge is 0.416 e. The summed E-state index contributed by atoms with van der Waals surface area (Å²) < 4.78 is 38.0. The van der Waals surface area contributed by atoms with Crippen molar-refractivity contribution >= 4 is 23.2 Å². The second-order valence-corrected chi connectivity index (χ2v) is 5.57. The van der Waals surface area contributed by atoms with Gasteiger partial charge in [0.2, 0.25) is 5.91 Å². The Morgan fingerprint density at radius 1 is 1.24 bits per heavy atom. The highest BCUT2D eigenvalue weighted by Crippen LogP contribution is 2.33. The van der Waals surface area contributed by atoms with E-state index in [1.807, 2.05) is 0 Å². The summed E-state index contributed by atoms with van der Waals surface area (Å²) in [6.07, 6.45) is -0.348. The van der Waals surface area contributed by atoms with Gasteiger partial charge in [-0.25, -0.2) is 0 Å². The minimum Gasteiger partial charge on any atom is -0.376 e. The third-order valence-electron chi connectivity index (χ3n) is 3.40. The summed E-state index contributed by atoms with van der Waals surface area (Å²) in [7, 11) is 0. The van der Waals surface area contributed by atoms with Gasteiger partial charge in [0.05, 0.1) is 12.1 Å². The van der Waals surface area contributed by atoms with Crippen LogP contribution in [0.2, 0.25) is 5.02 Å². The van der Waals surface area contributed by atoms with E-state index in [9.17, 15) is 18.0 Å². The van der Waals surface area contributed by atoms with Gasteiger partial charge >= 0.3 is 6.18 Å². The van der Waals surface area contributed by atoms with Gasteiger partial charge in [-0.2, -0.15) is 13.2 Å². The number of alkyl halides is 3. The fourth-order valence-electron chi connectivity index (χ4n) is 2.39. The summed E-state index contributed by atoms with van der Waals surface area (Å²) in [5.74, 6) is -0.226. The van der Waals surface area contributed by atoms with E-state index in [0.717, 1.165) is 37.8 Å². The Labute approximate surface area is 125 Å². The maximum atomic E-state index is 12.7. The molecule has 0 atom stereocenters. The van der Waals surface area contributed by atoms with Crippen molar-refractivity contribution in [2.75, 3.05) is 11.9 Å². The summed E-state index contributed by atoms with van der Waals surface area (Å²) in [6.45, 7) is -0.0753. The predicted octanol–water partition coefficient (Wildman–Crippen LogP) is 3.83. The van der Waals surface area contributed by atoms with Crippen molar-refractivity contribution in [3.05, 3.63) is 28.8 Å². The molecule has 1 aliphatic rings. The van der Waals surface area contributed by atoms with Crippen LogP contribution in [-0.2, 0) is 11.0 Å². The molecular weight excluding hydrogens is 305 g/mol. The van der Waals surface area contributed by atoms with Gasteiger partial charge in [0.1, 0.15) is 0 Å².